The Balaban J connectivity index is 1.56. The van der Waals surface area contributed by atoms with Gasteiger partial charge in [-0.25, -0.2) is 0 Å². The lowest BCUT2D eigenvalue weighted by Gasteiger charge is -2.34. The highest BCUT2D eigenvalue weighted by atomic mass is 32.2. The average Bonchev–Trinajstić information content (AvgIpc) is 3.20. The topological polar surface area (TPSA) is 60.2 Å². The Bertz CT molecular complexity index is 1040. The fourth-order valence-corrected chi connectivity index (χ4v) is 5.36. The monoisotopic (exact) mass is 464 g/mol. The minimum atomic E-state index is 0.171. The number of piperidine rings is 1. The summed E-state index contributed by atoms with van der Waals surface area (Å²) in [6, 6.07) is 18.2. The number of likely N-dealkylation sites (tertiary alicyclic amines) is 1. The van der Waals surface area contributed by atoms with Crippen LogP contribution >= 0.6 is 11.8 Å². The molecule has 2 atom stereocenters. The quantitative estimate of drug-likeness (QED) is 0.446. The zero-order chi connectivity index (χ0) is 23.2. The Morgan fingerprint density at radius 3 is 2.39 bits per heavy atom. The SMILES string of the molecule is CCOc1ccc(-n2c(Cc3ccccc3)nnc2SCC(=O)N2C[C@@H](C)C[C@H](C)C2)cc1. The van der Waals surface area contributed by atoms with Crippen molar-refractivity contribution in [3.05, 3.63) is 66.0 Å². The lowest BCUT2D eigenvalue weighted by Crippen LogP contribution is -2.43. The van der Waals surface area contributed by atoms with Crippen LogP contribution in [0.1, 0.15) is 38.6 Å². The summed E-state index contributed by atoms with van der Waals surface area (Å²) in [5, 5.41) is 9.70. The van der Waals surface area contributed by atoms with Crippen molar-refractivity contribution < 1.29 is 9.53 Å². The molecule has 6 nitrogen and oxygen atoms in total. The standard InChI is InChI=1S/C26H32N4O2S/c1-4-32-23-12-10-22(11-13-23)30-24(15-21-8-6-5-7-9-21)27-28-26(30)33-18-25(31)29-16-19(2)14-20(3)17-29/h5-13,19-20H,4,14-18H2,1-3H3/t19-,20-/m0/s1. The molecule has 0 unspecified atom stereocenters. The Kier molecular flexibility index (Phi) is 7.70. The highest BCUT2D eigenvalue weighted by Crippen LogP contribution is 2.27. The second-order valence-corrected chi connectivity index (χ2v) is 9.80. The molecule has 7 heteroatoms. The van der Waals surface area contributed by atoms with Gasteiger partial charge >= 0.3 is 0 Å². The molecule has 174 valence electrons. The van der Waals surface area contributed by atoms with Crippen molar-refractivity contribution in [3.8, 4) is 11.4 Å². The largest absolute Gasteiger partial charge is 0.494 e. The molecular weight excluding hydrogens is 432 g/mol. The number of hydrogen-bond acceptors (Lipinski definition) is 5. The molecule has 0 N–H and O–H groups in total. The van der Waals surface area contributed by atoms with Crippen molar-refractivity contribution in [3.63, 3.8) is 0 Å². The molecule has 1 aliphatic heterocycles. The molecule has 33 heavy (non-hydrogen) atoms. The van der Waals surface area contributed by atoms with Gasteiger partial charge in [-0.1, -0.05) is 55.9 Å². The molecule has 1 amide bonds. The van der Waals surface area contributed by atoms with Gasteiger partial charge in [0.25, 0.3) is 0 Å². The van der Waals surface area contributed by atoms with Gasteiger partial charge in [0.2, 0.25) is 5.91 Å². The van der Waals surface area contributed by atoms with Crippen LogP contribution in [0.15, 0.2) is 59.8 Å². The molecule has 1 saturated heterocycles. The summed E-state index contributed by atoms with van der Waals surface area (Å²) in [5.74, 6) is 3.31. The molecule has 0 aliphatic carbocycles. The average molecular weight is 465 g/mol. The predicted molar refractivity (Wildman–Crippen MR) is 132 cm³/mol. The van der Waals surface area contributed by atoms with Crippen LogP contribution in [0.3, 0.4) is 0 Å². The van der Waals surface area contributed by atoms with E-state index < -0.39 is 0 Å². The maximum atomic E-state index is 13.0. The molecule has 2 heterocycles. The summed E-state index contributed by atoms with van der Waals surface area (Å²) in [6.45, 7) is 8.73. The van der Waals surface area contributed by atoms with E-state index in [2.05, 4.69) is 40.7 Å². The minimum absolute atomic E-state index is 0.171. The zero-order valence-electron chi connectivity index (χ0n) is 19.6. The van der Waals surface area contributed by atoms with Gasteiger partial charge in [0.15, 0.2) is 5.16 Å². The van der Waals surface area contributed by atoms with Gasteiger partial charge < -0.3 is 9.64 Å². The van der Waals surface area contributed by atoms with E-state index >= 15 is 0 Å². The Hall–Kier alpha value is -2.80. The van der Waals surface area contributed by atoms with E-state index in [9.17, 15) is 4.79 Å². The summed E-state index contributed by atoms with van der Waals surface area (Å²) >= 11 is 1.46. The van der Waals surface area contributed by atoms with E-state index in [1.807, 2.05) is 54.3 Å². The summed E-state index contributed by atoms with van der Waals surface area (Å²) in [7, 11) is 0. The maximum absolute atomic E-state index is 13.0. The number of carbonyl (C=O) groups is 1. The van der Waals surface area contributed by atoms with Crippen LogP contribution in [0.5, 0.6) is 5.75 Å². The first kappa shape index (κ1) is 23.4. The number of carbonyl (C=O) groups excluding carboxylic acids is 1. The smallest absolute Gasteiger partial charge is 0.233 e. The maximum Gasteiger partial charge on any atom is 0.233 e. The fourth-order valence-electron chi connectivity index (χ4n) is 4.49. The van der Waals surface area contributed by atoms with E-state index in [4.69, 9.17) is 4.74 Å². The number of nitrogens with zero attached hydrogens (tertiary/aromatic N) is 4. The van der Waals surface area contributed by atoms with Gasteiger partial charge in [-0.15, -0.1) is 10.2 Å². The van der Waals surface area contributed by atoms with Crippen molar-refractivity contribution in [2.75, 3.05) is 25.4 Å². The molecule has 1 aliphatic rings. The first-order chi connectivity index (χ1) is 16.0. The third-order valence-electron chi connectivity index (χ3n) is 5.86. The first-order valence-corrected chi connectivity index (χ1v) is 12.6. The Labute approximate surface area is 200 Å². The predicted octanol–water partition coefficient (Wildman–Crippen LogP) is 4.85. The first-order valence-electron chi connectivity index (χ1n) is 11.7. The zero-order valence-corrected chi connectivity index (χ0v) is 20.4. The normalized spacial score (nSPS) is 18.3. The number of hydrogen-bond donors (Lipinski definition) is 0. The van der Waals surface area contributed by atoms with Crippen molar-refractivity contribution in [1.29, 1.82) is 0 Å². The van der Waals surface area contributed by atoms with Gasteiger partial charge in [0.05, 0.1) is 12.4 Å². The van der Waals surface area contributed by atoms with E-state index in [0.717, 1.165) is 35.5 Å². The van der Waals surface area contributed by atoms with Gasteiger partial charge in [0.1, 0.15) is 11.6 Å². The fraction of sp³-hybridized carbons (Fsp3) is 0.423. The summed E-state index contributed by atoms with van der Waals surface area (Å²) in [5.41, 5.74) is 2.13. The van der Waals surface area contributed by atoms with E-state index in [0.29, 0.717) is 30.6 Å². The van der Waals surface area contributed by atoms with E-state index in [1.165, 1.54) is 23.7 Å². The Morgan fingerprint density at radius 2 is 1.73 bits per heavy atom. The Morgan fingerprint density at radius 1 is 1.03 bits per heavy atom. The van der Waals surface area contributed by atoms with Crippen molar-refractivity contribution in [2.24, 2.45) is 11.8 Å². The minimum Gasteiger partial charge on any atom is -0.494 e. The van der Waals surface area contributed by atoms with Crippen LogP contribution in [0.25, 0.3) is 5.69 Å². The van der Waals surface area contributed by atoms with Crippen molar-refractivity contribution in [1.82, 2.24) is 19.7 Å². The molecule has 4 rings (SSSR count). The molecule has 0 radical (unpaired) electrons. The van der Waals surface area contributed by atoms with Crippen LogP contribution in [0, 0.1) is 11.8 Å². The van der Waals surface area contributed by atoms with E-state index in [1.54, 1.807) is 0 Å². The van der Waals surface area contributed by atoms with E-state index in [-0.39, 0.29) is 5.91 Å². The number of amides is 1. The summed E-state index contributed by atoms with van der Waals surface area (Å²) < 4.78 is 7.66. The van der Waals surface area contributed by atoms with Crippen LogP contribution in [0.2, 0.25) is 0 Å². The molecule has 1 fully saturated rings. The molecule has 0 bridgehead atoms. The van der Waals surface area contributed by atoms with Crippen LogP contribution < -0.4 is 4.74 Å². The van der Waals surface area contributed by atoms with Crippen LogP contribution in [0.4, 0.5) is 0 Å². The van der Waals surface area contributed by atoms with Gasteiger partial charge in [-0.05, 0) is 55.0 Å². The molecular formula is C26H32N4O2S. The molecule has 0 saturated carbocycles. The van der Waals surface area contributed by atoms with Crippen molar-refractivity contribution in [2.45, 2.75) is 38.8 Å². The van der Waals surface area contributed by atoms with Crippen molar-refractivity contribution >= 4 is 17.7 Å². The number of thioether (sulfide) groups is 1. The second-order valence-electron chi connectivity index (χ2n) is 8.86. The van der Waals surface area contributed by atoms with Crippen LogP contribution in [-0.4, -0.2) is 51.0 Å². The molecule has 3 aromatic rings. The van der Waals surface area contributed by atoms with Crippen LogP contribution in [-0.2, 0) is 11.2 Å². The third kappa shape index (κ3) is 5.96. The number of rotatable bonds is 8. The molecule has 2 aromatic carbocycles. The number of ether oxygens (including phenoxy) is 1. The molecule has 0 spiro atoms. The molecule has 1 aromatic heterocycles. The summed E-state index contributed by atoms with van der Waals surface area (Å²) in [4.78, 5) is 15.0. The van der Waals surface area contributed by atoms with Gasteiger partial charge in [0, 0.05) is 25.2 Å². The van der Waals surface area contributed by atoms with Gasteiger partial charge in [-0.3, -0.25) is 9.36 Å². The number of benzene rings is 2. The third-order valence-corrected chi connectivity index (χ3v) is 6.77. The number of aromatic nitrogens is 3. The second kappa shape index (κ2) is 10.9. The lowest BCUT2D eigenvalue weighted by molar-refractivity contribution is -0.130. The lowest BCUT2D eigenvalue weighted by atomic mass is 9.92. The van der Waals surface area contributed by atoms with Gasteiger partial charge in [-0.2, -0.15) is 0 Å². The summed E-state index contributed by atoms with van der Waals surface area (Å²) in [6.07, 6.45) is 1.85. The highest BCUT2D eigenvalue weighted by Gasteiger charge is 2.26. The highest BCUT2D eigenvalue weighted by molar-refractivity contribution is 7.99.